The van der Waals surface area contributed by atoms with E-state index in [4.69, 9.17) is 21.1 Å². The number of piperazine rings is 1. The lowest BCUT2D eigenvalue weighted by molar-refractivity contribution is 0.0602. The predicted molar refractivity (Wildman–Crippen MR) is 75.5 cm³/mol. The number of hydrogen-bond donors (Lipinski definition) is 1. The molecule has 0 bridgehead atoms. The molecule has 1 saturated heterocycles. The van der Waals surface area contributed by atoms with E-state index in [2.05, 4.69) is 12.2 Å². The van der Waals surface area contributed by atoms with Gasteiger partial charge in [-0.25, -0.2) is 0 Å². The first kappa shape index (κ1) is 13.5. The first-order valence-electron chi connectivity index (χ1n) is 6.71. The zero-order valence-corrected chi connectivity index (χ0v) is 12.2. The molecule has 108 valence electrons. The quantitative estimate of drug-likeness (QED) is 0.860. The zero-order valence-electron chi connectivity index (χ0n) is 11.5. The van der Waals surface area contributed by atoms with Gasteiger partial charge in [0.15, 0.2) is 11.5 Å². The normalized spacial score (nSPS) is 24.9. The number of carbonyl (C=O) groups excluding carboxylic acids is 1. The Balaban J connectivity index is 1.89. The molecule has 2 aliphatic rings. The van der Waals surface area contributed by atoms with Gasteiger partial charge in [-0.05, 0) is 26.0 Å². The molecule has 0 aromatic heterocycles. The van der Waals surface area contributed by atoms with Gasteiger partial charge in [-0.1, -0.05) is 11.6 Å². The topological polar surface area (TPSA) is 50.8 Å². The van der Waals surface area contributed by atoms with E-state index >= 15 is 0 Å². The number of nitrogens with zero attached hydrogens (tertiary/aromatic N) is 1. The molecular formula is C14H17ClN2O3. The van der Waals surface area contributed by atoms with E-state index in [9.17, 15) is 4.79 Å². The molecule has 20 heavy (non-hydrogen) atoms. The highest BCUT2D eigenvalue weighted by Gasteiger charge is 2.30. The van der Waals surface area contributed by atoms with Crippen LogP contribution in [0.1, 0.15) is 24.2 Å². The molecule has 2 atom stereocenters. The largest absolute Gasteiger partial charge is 0.454 e. The average molecular weight is 297 g/mol. The van der Waals surface area contributed by atoms with Crippen LogP contribution in [0.15, 0.2) is 12.1 Å². The number of ether oxygens (including phenoxy) is 2. The second-order valence-corrected chi connectivity index (χ2v) is 5.58. The highest BCUT2D eigenvalue weighted by atomic mass is 35.5. The monoisotopic (exact) mass is 296 g/mol. The molecule has 0 aliphatic carbocycles. The van der Waals surface area contributed by atoms with Crippen molar-refractivity contribution in [3.63, 3.8) is 0 Å². The summed E-state index contributed by atoms with van der Waals surface area (Å²) in [5, 5.41) is 3.77. The van der Waals surface area contributed by atoms with Gasteiger partial charge < -0.3 is 19.7 Å². The fourth-order valence-electron chi connectivity index (χ4n) is 2.60. The summed E-state index contributed by atoms with van der Waals surface area (Å²) in [6.07, 6.45) is 0. The molecule has 0 spiro atoms. The van der Waals surface area contributed by atoms with Crippen molar-refractivity contribution in [3.05, 3.63) is 22.7 Å². The zero-order chi connectivity index (χ0) is 14.3. The maximum Gasteiger partial charge on any atom is 0.254 e. The van der Waals surface area contributed by atoms with Crippen LogP contribution >= 0.6 is 11.6 Å². The molecule has 0 saturated carbocycles. The van der Waals surface area contributed by atoms with E-state index < -0.39 is 0 Å². The molecule has 3 rings (SSSR count). The van der Waals surface area contributed by atoms with E-state index in [1.165, 1.54) is 0 Å². The summed E-state index contributed by atoms with van der Waals surface area (Å²) in [4.78, 5) is 14.5. The van der Waals surface area contributed by atoms with Crippen molar-refractivity contribution in [1.29, 1.82) is 0 Å². The molecule has 1 N–H and O–H groups in total. The Kier molecular flexibility index (Phi) is 3.48. The molecule has 1 aromatic rings. The lowest BCUT2D eigenvalue weighted by Gasteiger charge is -2.38. The van der Waals surface area contributed by atoms with E-state index in [0.29, 0.717) is 28.6 Å². The molecule has 6 heteroatoms. The number of benzene rings is 1. The van der Waals surface area contributed by atoms with Crippen LogP contribution in [0.25, 0.3) is 0 Å². The van der Waals surface area contributed by atoms with Gasteiger partial charge in [-0.15, -0.1) is 0 Å². The van der Waals surface area contributed by atoms with E-state index in [0.717, 1.165) is 6.54 Å². The number of amides is 1. The van der Waals surface area contributed by atoms with Crippen LogP contribution in [-0.4, -0.2) is 42.8 Å². The van der Waals surface area contributed by atoms with Crippen molar-refractivity contribution in [1.82, 2.24) is 10.2 Å². The Hall–Kier alpha value is -1.46. The van der Waals surface area contributed by atoms with Crippen LogP contribution in [0, 0.1) is 0 Å². The van der Waals surface area contributed by atoms with Crippen LogP contribution in [-0.2, 0) is 0 Å². The summed E-state index contributed by atoms with van der Waals surface area (Å²) in [5.41, 5.74) is 0.542. The minimum Gasteiger partial charge on any atom is -0.454 e. The summed E-state index contributed by atoms with van der Waals surface area (Å²) in [6.45, 7) is 5.76. The van der Waals surface area contributed by atoms with E-state index in [-0.39, 0.29) is 24.8 Å². The Bertz CT molecular complexity index is 549. The number of fused-ring (bicyclic) bond motifs is 1. The van der Waals surface area contributed by atoms with E-state index in [1.54, 1.807) is 12.1 Å². The van der Waals surface area contributed by atoms with Gasteiger partial charge in [0.05, 0.1) is 5.02 Å². The Morgan fingerprint density at radius 2 is 2.20 bits per heavy atom. The van der Waals surface area contributed by atoms with Crippen molar-refractivity contribution < 1.29 is 14.3 Å². The van der Waals surface area contributed by atoms with Crippen molar-refractivity contribution >= 4 is 17.5 Å². The van der Waals surface area contributed by atoms with Crippen molar-refractivity contribution in [2.45, 2.75) is 25.9 Å². The van der Waals surface area contributed by atoms with Crippen molar-refractivity contribution in [2.24, 2.45) is 0 Å². The maximum absolute atomic E-state index is 12.7. The lowest BCUT2D eigenvalue weighted by atomic mass is 10.1. The molecular weight excluding hydrogens is 280 g/mol. The number of rotatable bonds is 1. The number of hydrogen-bond acceptors (Lipinski definition) is 4. The predicted octanol–water partition coefficient (Wildman–Crippen LogP) is 1.89. The SMILES string of the molecule is CC1NCCN(C(=O)c2cc(Cl)c3c(c2)OCO3)C1C. The highest BCUT2D eigenvalue weighted by molar-refractivity contribution is 6.32. The van der Waals surface area contributed by atoms with Gasteiger partial charge in [0.2, 0.25) is 6.79 Å². The molecule has 2 unspecified atom stereocenters. The van der Waals surface area contributed by atoms with Gasteiger partial charge in [0.25, 0.3) is 5.91 Å². The fraction of sp³-hybridized carbons (Fsp3) is 0.500. The fourth-order valence-corrected chi connectivity index (χ4v) is 2.87. The van der Waals surface area contributed by atoms with Gasteiger partial charge in [-0.3, -0.25) is 4.79 Å². The molecule has 1 fully saturated rings. The second-order valence-electron chi connectivity index (χ2n) is 5.17. The summed E-state index contributed by atoms with van der Waals surface area (Å²) < 4.78 is 10.6. The minimum absolute atomic E-state index is 0.0222. The van der Waals surface area contributed by atoms with Gasteiger partial charge in [0, 0.05) is 30.7 Å². The third kappa shape index (κ3) is 2.21. The maximum atomic E-state index is 12.7. The Morgan fingerprint density at radius 3 is 3.00 bits per heavy atom. The number of halogens is 1. The molecule has 2 heterocycles. The van der Waals surface area contributed by atoms with E-state index in [1.807, 2.05) is 11.8 Å². The molecule has 2 aliphatic heterocycles. The van der Waals surface area contributed by atoms with Crippen LogP contribution < -0.4 is 14.8 Å². The highest BCUT2D eigenvalue weighted by Crippen LogP contribution is 2.40. The first-order chi connectivity index (χ1) is 9.58. The second kappa shape index (κ2) is 5.14. The van der Waals surface area contributed by atoms with Crippen molar-refractivity contribution in [2.75, 3.05) is 19.9 Å². The van der Waals surface area contributed by atoms with Crippen molar-refractivity contribution in [3.8, 4) is 11.5 Å². The summed E-state index contributed by atoms with van der Waals surface area (Å²) in [7, 11) is 0. The molecule has 5 nitrogen and oxygen atoms in total. The lowest BCUT2D eigenvalue weighted by Crippen LogP contribution is -2.57. The Labute approximate surface area is 122 Å². The first-order valence-corrected chi connectivity index (χ1v) is 7.09. The molecule has 1 aromatic carbocycles. The van der Waals surface area contributed by atoms with Gasteiger partial charge in [-0.2, -0.15) is 0 Å². The summed E-state index contributed by atoms with van der Waals surface area (Å²) in [6, 6.07) is 3.77. The Morgan fingerprint density at radius 1 is 1.40 bits per heavy atom. The smallest absolute Gasteiger partial charge is 0.254 e. The minimum atomic E-state index is -0.0222. The third-order valence-electron chi connectivity index (χ3n) is 3.97. The van der Waals surface area contributed by atoms with Gasteiger partial charge in [0.1, 0.15) is 0 Å². The van der Waals surface area contributed by atoms with Crippen LogP contribution in [0.5, 0.6) is 11.5 Å². The average Bonchev–Trinajstić information content (AvgIpc) is 2.90. The van der Waals surface area contributed by atoms with Crippen LogP contribution in [0.3, 0.4) is 0 Å². The molecule has 0 radical (unpaired) electrons. The standard InChI is InChI=1S/C14H17ClN2O3/c1-8-9(2)17(4-3-16-8)14(18)10-5-11(15)13-12(6-10)19-7-20-13/h5-6,8-9,16H,3-4,7H2,1-2H3. The number of carbonyl (C=O) groups is 1. The molecule has 1 amide bonds. The third-order valence-corrected chi connectivity index (χ3v) is 4.25. The van der Waals surface area contributed by atoms with Gasteiger partial charge >= 0.3 is 0 Å². The summed E-state index contributed by atoms with van der Waals surface area (Å²) in [5.74, 6) is 1.03. The van der Waals surface area contributed by atoms with Crippen LogP contribution in [0.2, 0.25) is 5.02 Å². The summed E-state index contributed by atoms with van der Waals surface area (Å²) >= 11 is 6.13. The van der Waals surface area contributed by atoms with Crippen LogP contribution in [0.4, 0.5) is 0 Å². The number of nitrogens with one attached hydrogen (secondary N) is 1.